The zero-order chi connectivity index (χ0) is 43.3. The first-order chi connectivity index (χ1) is 32.7. The minimum atomic E-state index is 0.675. The van der Waals surface area contributed by atoms with Gasteiger partial charge in [0.05, 0.1) is 27.6 Å². The number of hydrogen-bond donors (Lipinski definition) is 0. The third-order valence-electron chi connectivity index (χ3n) is 13.7. The van der Waals surface area contributed by atoms with Gasteiger partial charge in [0.2, 0.25) is 0 Å². The summed E-state index contributed by atoms with van der Waals surface area (Å²) in [6.45, 7) is 0. The quantitative estimate of drug-likeness (QED) is 0.162. The molecule has 0 atom stereocenters. The van der Waals surface area contributed by atoms with Gasteiger partial charge >= 0.3 is 0 Å². The standard InChI is InChI=1S/C62H38N4/c1-2-14-39(15-3-1)40-26-30-46(31-27-40)65-57-25-13-11-22-50(57)51-33-29-45(38-58(51)65)61-63-56-24-12-10-23-53(56)62(64-61)66-59-37-44(28-32-52(59)55-34-41-16-4-5-17-42(41)36-60(55)66)54-35-43-18-6-7-19-47(43)48-20-8-9-21-49(48)54/h1-38H. The Labute approximate surface area is 379 Å². The van der Waals surface area contributed by atoms with Gasteiger partial charge in [-0.05, 0) is 115 Å². The van der Waals surface area contributed by atoms with Crippen LogP contribution in [0.5, 0.6) is 0 Å². The highest BCUT2D eigenvalue weighted by Gasteiger charge is 2.21. The number of rotatable bonds is 5. The van der Waals surface area contributed by atoms with Crippen LogP contribution in [-0.2, 0) is 0 Å². The Morgan fingerprint density at radius 2 is 0.818 bits per heavy atom. The van der Waals surface area contributed by atoms with Gasteiger partial charge in [-0.1, -0.05) is 170 Å². The van der Waals surface area contributed by atoms with Crippen LogP contribution in [0.25, 0.3) is 132 Å². The minimum Gasteiger partial charge on any atom is -0.309 e. The number of para-hydroxylation sites is 2. The third kappa shape index (κ3) is 5.58. The highest BCUT2D eigenvalue weighted by molar-refractivity contribution is 6.18. The molecular formula is C62H38N4. The van der Waals surface area contributed by atoms with Gasteiger partial charge in [-0.15, -0.1) is 0 Å². The van der Waals surface area contributed by atoms with Crippen LogP contribution in [0, 0.1) is 0 Å². The Bertz CT molecular complexity index is 4270. The van der Waals surface area contributed by atoms with Crippen LogP contribution in [0.15, 0.2) is 231 Å². The van der Waals surface area contributed by atoms with Crippen LogP contribution in [0.4, 0.5) is 0 Å². The fourth-order valence-corrected chi connectivity index (χ4v) is 10.6. The van der Waals surface area contributed by atoms with Crippen LogP contribution < -0.4 is 0 Å². The molecule has 0 spiro atoms. The molecule has 0 amide bonds. The number of fused-ring (bicyclic) bond motifs is 11. The fraction of sp³-hybridized carbons (Fsp3) is 0. The topological polar surface area (TPSA) is 35.6 Å². The van der Waals surface area contributed by atoms with Crippen molar-refractivity contribution in [2.75, 3.05) is 0 Å². The van der Waals surface area contributed by atoms with Crippen LogP contribution in [-0.4, -0.2) is 19.1 Å². The van der Waals surface area contributed by atoms with Gasteiger partial charge in [0.1, 0.15) is 5.82 Å². The maximum absolute atomic E-state index is 5.64. The lowest BCUT2D eigenvalue weighted by Crippen LogP contribution is -2.03. The number of nitrogens with zero attached hydrogens (tertiary/aromatic N) is 4. The van der Waals surface area contributed by atoms with Crippen molar-refractivity contribution in [1.29, 1.82) is 0 Å². The molecule has 4 heteroatoms. The van der Waals surface area contributed by atoms with Gasteiger partial charge in [-0.3, -0.25) is 4.57 Å². The average Bonchev–Trinajstić information content (AvgIpc) is 3.89. The third-order valence-corrected chi connectivity index (χ3v) is 13.7. The summed E-state index contributed by atoms with van der Waals surface area (Å²) in [7, 11) is 0. The zero-order valence-electron chi connectivity index (χ0n) is 35.7. The van der Waals surface area contributed by atoms with Crippen molar-refractivity contribution in [1.82, 2.24) is 19.1 Å². The molecular weight excluding hydrogens is 801 g/mol. The summed E-state index contributed by atoms with van der Waals surface area (Å²) in [4.78, 5) is 11.0. The summed E-state index contributed by atoms with van der Waals surface area (Å²) in [5.74, 6) is 1.53. The van der Waals surface area contributed by atoms with Gasteiger partial charge in [-0.25, -0.2) is 9.97 Å². The van der Waals surface area contributed by atoms with Crippen LogP contribution in [0.3, 0.4) is 0 Å². The molecule has 0 radical (unpaired) electrons. The highest BCUT2D eigenvalue weighted by atomic mass is 15.1. The van der Waals surface area contributed by atoms with E-state index in [-0.39, 0.29) is 0 Å². The van der Waals surface area contributed by atoms with Crippen molar-refractivity contribution in [2.24, 2.45) is 0 Å². The Morgan fingerprint density at radius 3 is 1.64 bits per heavy atom. The molecule has 3 heterocycles. The summed E-state index contributed by atoms with van der Waals surface area (Å²) in [6, 6.07) is 83.5. The van der Waals surface area contributed by atoms with E-state index >= 15 is 0 Å². The predicted octanol–water partition coefficient (Wildman–Crippen LogP) is 16.3. The van der Waals surface area contributed by atoms with Crippen molar-refractivity contribution in [2.45, 2.75) is 0 Å². The van der Waals surface area contributed by atoms with Crippen molar-refractivity contribution in [3.63, 3.8) is 0 Å². The first-order valence-corrected chi connectivity index (χ1v) is 22.6. The monoisotopic (exact) mass is 838 g/mol. The Kier molecular flexibility index (Phi) is 7.95. The second-order valence-corrected chi connectivity index (χ2v) is 17.4. The molecule has 0 aliphatic rings. The zero-order valence-corrected chi connectivity index (χ0v) is 35.7. The maximum atomic E-state index is 5.64. The second-order valence-electron chi connectivity index (χ2n) is 17.4. The molecule has 14 aromatic rings. The van der Waals surface area contributed by atoms with E-state index < -0.39 is 0 Å². The first kappa shape index (κ1) is 36.6. The Balaban J connectivity index is 1.02. The second kappa shape index (κ2) is 14.3. The Hall–Kier alpha value is -8.86. The first-order valence-electron chi connectivity index (χ1n) is 22.6. The van der Waals surface area contributed by atoms with E-state index in [1.54, 1.807) is 0 Å². The summed E-state index contributed by atoms with van der Waals surface area (Å²) in [6.07, 6.45) is 0. The van der Waals surface area contributed by atoms with E-state index in [0.29, 0.717) is 5.82 Å². The molecule has 66 heavy (non-hydrogen) atoms. The van der Waals surface area contributed by atoms with Gasteiger partial charge in [-0.2, -0.15) is 0 Å². The lowest BCUT2D eigenvalue weighted by Gasteiger charge is -2.14. The fourth-order valence-electron chi connectivity index (χ4n) is 10.6. The van der Waals surface area contributed by atoms with Gasteiger partial charge in [0.25, 0.3) is 0 Å². The van der Waals surface area contributed by atoms with Crippen molar-refractivity contribution >= 4 is 86.8 Å². The van der Waals surface area contributed by atoms with E-state index in [9.17, 15) is 0 Å². The van der Waals surface area contributed by atoms with Crippen molar-refractivity contribution < 1.29 is 0 Å². The molecule has 306 valence electrons. The molecule has 11 aromatic carbocycles. The van der Waals surface area contributed by atoms with Gasteiger partial charge in [0, 0.05) is 38.2 Å². The molecule has 0 saturated carbocycles. The summed E-state index contributed by atoms with van der Waals surface area (Å²) >= 11 is 0. The minimum absolute atomic E-state index is 0.675. The number of aromatic nitrogens is 4. The predicted molar refractivity (Wildman–Crippen MR) is 277 cm³/mol. The maximum Gasteiger partial charge on any atom is 0.162 e. The van der Waals surface area contributed by atoms with Gasteiger partial charge < -0.3 is 4.57 Å². The van der Waals surface area contributed by atoms with Crippen LogP contribution in [0.2, 0.25) is 0 Å². The SMILES string of the molecule is c1ccc(-c2ccc(-n3c4ccccc4c4ccc(-c5nc(-n6c7cc(-c8cc9ccccc9c9ccccc89)ccc7c7cc8ccccc8cc76)c6ccccc6n5)cc43)cc2)cc1. The van der Waals surface area contributed by atoms with E-state index in [4.69, 9.17) is 9.97 Å². The Morgan fingerprint density at radius 1 is 0.273 bits per heavy atom. The molecule has 0 saturated heterocycles. The molecule has 0 aliphatic heterocycles. The van der Waals surface area contributed by atoms with E-state index in [0.717, 1.165) is 55.6 Å². The molecule has 3 aromatic heterocycles. The average molecular weight is 839 g/mol. The molecule has 0 unspecified atom stereocenters. The lowest BCUT2D eigenvalue weighted by molar-refractivity contribution is 1.08. The normalized spacial score (nSPS) is 11.9. The highest BCUT2D eigenvalue weighted by Crippen LogP contribution is 2.42. The van der Waals surface area contributed by atoms with Crippen LogP contribution in [0.1, 0.15) is 0 Å². The molecule has 0 N–H and O–H groups in total. The van der Waals surface area contributed by atoms with E-state index in [2.05, 4.69) is 240 Å². The van der Waals surface area contributed by atoms with E-state index in [1.807, 2.05) is 0 Å². The van der Waals surface area contributed by atoms with E-state index in [1.165, 1.54) is 70.6 Å². The van der Waals surface area contributed by atoms with Gasteiger partial charge in [0.15, 0.2) is 5.82 Å². The number of hydrogen-bond acceptors (Lipinski definition) is 2. The molecule has 0 fully saturated rings. The largest absolute Gasteiger partial charge is 0.309 e. The van der Waals surface area contributed by atoms with Crippen molar-refractivity contribution in [3.05, 3.63) is 231 Å². The lowest BCUT2D eigenvalue weighted by atomic mass is 9.93. The summed E-state index contributed by atoms with van der Waals surface area (Å²) in [5, 5.41) is 13.1. The molecule has 4 nitrogen and oxygen atoms in total. The molecule has 0 bridgehead atoms. The molecule has 0 aliphatic carbocycles. The number of benzene rings is 11. The summed E-state index contributed by atoms with van der Waals surface area (Å²) < 4.78 is 4.77. The summed E-state index contributed by atoms with van der Waals surface area (Å²) in [5.41, 5.74) is 12.2. The van der Waals surface area contributed by atoms with Crippen LogP contribution >= 0.6 is 0 Å². The van der Waals surface area contributed by atoms with Crippen molar-refractivity contribution in [3.8, 4) is 45.1 Å². The molecule has 14 rings (SSSR count). The smallest absolute Gasteiger partial charge is 0.162 e.